The minimum atomic E-state index is -0.0815. The third kappa shape index (κ3) is 5.23. The molecule has 5 heteroatoms. The molecule has 0 aromatic heterocycles. The Kier molecular flexibility index (Phi) is 7.69. The number of halogens is 3. The second-order valence-corrected chi connectivity index (χ2v) is 7.09. The smallest absolute Gasteiger partial charge is 0.252 e. The van der Waals surface area contributed by atoms with E-state index in [4.69, 9.17) is 11.6 Å². The summed E-state index contributed by atoms with van der Waals surface area (Å²) in [6, 6.07) is 5.70. The maximum absolute atomic E-state index is 12.1. The van der Waals surface area contributed by atoms with Crippen molar-refractivity contribution in [1.82, 2.24) is 5.32 Å². The van der Waals surface area contributed by atoms with E-state index in [1.807, 2.05) is 18.2 Å². The molecule has 1 atom stereocenters. The van der Waals surface area contributed by atoms with Crippen LogP contribution in [-0.4, -0.2) is 17.8 Å². The quantitative estimate of drug-likeness (QED) is 0.480. The van der Waals surface area contributed by atoms with Crippen molar-refractivity contribution in [2.75, 3.05) is 6.54 Å². The fourth-order valence-corrected chi connectivity index (χ4v) is 3.28. The molecule has 19 heavy (non-hydrogen) atoms. The number of carbonyl (C=O) groups is 1. The number of alkyl halides is 1. The molecule has 0 saturated carbocycles. The summed E-state index contributed by atoms with van der Waals surface area (Å²) >= 11 is 11.9. The standard InChI is InChI=1S/C14H18BrClINO/c1-3-9(4-2)13(16)8-18-14(19)11-7-10(17)5-6-12(11)15/h5-7,9,13H,3-4,8H2,1-2H3,(H,18,19). The molecule has 1 rings (SSSR count). The van der Waals surface area contributed by atoms with Gasteiger partial charge in [0.15, 0.2) is 0 Å². The van der Waals surface area contributed by atoms with Crippen molar-refractivity contribution in [1.29, 1.82) is 0 Å². The molecule has 1 unspecified atom stereocenters. The Hall–Kier alpha value is 0.190. The van der Waals surface area contributed by atoms with Crippen molar-refractivity contribution in [2.24, 2.45) is 5.92 Å². The zero-order valence-corrected chi connectivity index (χ0v) is 15.5. The number of amides is 1. The Morgan fingerprint density at radius 2 is 2.05 bits per heavy atom. The molecule has 1 aromatic rings. The number of nitrogens with one attached hydrogen (secondary N) is 1. The lowest BCUT2D eigenvalue weighted by Crippen LogP contribution is -2.33. The van der Waals surface area contributed by atoms with Crippen LogP contribution in [0.15, 0.2) is 22.7 Å². The number of hydrogen-bond acceptors (Lipinski definition) is 1. The van der Waals surface area contributed by atoms with Crippen LogP contribution in [0.5, 0.6) is 0 Å². The number of rotatable bonds is 6. The van der Waals surface area contributed by atoms with E-state index in [2.05, 4.69) is 57.7 Å². The van der Waals surface area contributed by atoms with Gasteiger partial charge in [0.25, 0.3) is 5.91 Å². The molecule has 1 N–H and O–H groups in total. The van der Waals surface area contributed by atoms with Gasteiger partial charge in [-0.25, -0.2) is 0 Å². The second-order valence-electron chi connectivity index (χ2n) is 4.43. The molecule has 0 spiro atoms. The molecule has 0 fully saturated rings. The van der Waals surface area contributed by atoms with E-state index < -0.39 is 0 Å². The van der Waals surface area contributed by atoms with Crippen molar-refractivity contribution in [3.8, 4) is 0 Å². The summed E-state index contributed by atoms with van der Waals surface area (Å²) in [5.74, 6) is 0.364. The Balaban J connectivity index is 2.63. The Bertz CT molecular complexity index is 437. The van der Waals surface area contributed by atoms with Crippen LogP contribution >= 0.6 is 50.1 Å². The van der Waals surface area contributed by atoms with E-state index in [0.29, 0.717) is 18.0 Å². The molecule has 1 aromatic carbocycles. The second kappa shape index (κ2) is 8.47. The predicted molar refractivity (Wildman–Crippen MR) is 92.9 cm³/mol. The lowest BCUT2D eigenvalue weighted by Gasteiger charge is -2.19. The number of hydrogen-bond donors (Lipinski definition) is 1. The molecule has 0 radical (unpaired) electrons. The molecule has 0 saturated heterocycles. The Labute approximate surface area is 141 Å². The summed E-state index contributed by atoms with van der Waals surface area (Å²) in [6.45, 7) is 4.76. The van der Waals surface area contributed by atoms with E-state index in [1.54, 1.807) is 0 Å². The maximum atomic E-state index is 12.1. The first kappa shape index (κ1) is 17.2. The van der Waals surface area contributed by atoms with Crippen molar-refractivity contribution in [2.45, 2.75) is 32.1 Å². The minimum Gasteiger partial charge on any atom is -0.351 e. The van der Waals surface area contributed by atoms with Gasteiger partial charge in [-0.05, 0) is 62.6 Å². The van der Waals surface area contributed by atoms with Crippen molar-refractivity contribution < 1.29 is 4.79 Å². The molecular weight excluding hydrogens is 440 g/mol. The van der Waals surface area contributed by atoms with Gasteiger partial charge in [0.2, 0.25) is 0 Å². The maximum Gasteiger partial charge on any atom is 0.252 e. The molecule has 0 heterocycles. The van der Waals surface area contributed by atoms with Gasteiger partial charge in [-0.3, -0.25) is 4.79 Å². The van der Waals surface area contributed by atoms with Gasteiger partial charge < -0.3 is 5.32 Å². The van der Waals surface area contributed by atoms with Crippen LogP contribution < -0.4 is 5.32 Å². The zero-order valence-electron chi connectivity index (χ0n) is 11.1. The summed E-state index contributed by atoms with van der Waals surface area (Å²) in [6.07, 6.45) is 2.07. The SMILES string of the molecule is CCC(CC)C(Cl)CNC(=O)c1cc(I)ccc1Br. The van der Waals surface area contributed by atoms with E-state index in [9.17, 15) is 4.79 Å². The Morgan fingerprint density at radius 3 is 2.63 bits per heavy atom. The van der Waals surface area contributed by atoms with Gasteiger partial charge >= 0.3 is 0 Å². The highest BCUT2D eigenvalue weighted by Gasteiger charge is 2.17. The lowest BCUT2D eigenvalue weighted by molar-refractivity contribution is 0.0950. The van der Waals surface area contributed by atoms with Crippen molar-refractivity contribution in [3.05, 3.63) is 31.8 Å². The highest BCUT2D eigenvalue weighted by molar-refractivity contribution is 14.1. The van der Waals surface area contributed by atoms with Crippen LogP contribution in [0.4, 0.5) is 0 Å². The first-order chi connectivity index (χ1) is 8.99. The highest BCUT2D eigenvalue weighted by atomic mass is 127. The minimum absolute atomic E-state index is 0.0134. The van der Waals surface area contributed by atoms with Crippen molar-refractivity contribution >= 4 is 56.0 Å². The zero-order chi connectivity index (χ0) is 14.4. The average molecular weight is 459 g/mol. The summed E-state index contributed by atoms with van der Waals surface area (Å²) in [5.41, 5.74) is 0.653. The van der Waals surface area contributed by atoms with E-state index in [1.165, 1.54) is 0 Å². The van der Waals surface area contributed by atoms with Crippen LogP contribution in [0, 0.1) is 9.49 Å². The van der Waals surface area contributed by atoms with Gasteiger partial charge in [0, 0.05) is 14.6 Å². The third-order valence-corrected chi connectivity index (χ3v) is 5.06. The summed E-state index contributed by atoms with van der Waals surface area (Å²) in [5, 5.41) is 2.90. The van der Waals surface area contributed by atoms with Crippen LogP contribution in [0.25, 0.3) is 0 Å². The molecule has 0 bridgehead atoms. The lowest BCUT2D eigenvalue weighted by atomic mass is 9.99. The molecule has 0 aliphatic heterocycles. The van der Waals surface area contributed by atoms with Crippen molar-refractivity contribution in [3.63, 3.8) is 0 Å². The topological polar surface area (TPSA) is 29.1 Å². The normalized spacial score (nSPS) is 12.5. The summed E-state index contributed by atoms with van der Waals surface area (Å²) in [7, 11) is 0. The third-order valence-electron chi connectivity index (χ3n) is 3.19. The molecule has 106 valence electrons. The summed E-state index contributed by atoms with van der Waals surface area (Å²) < 4.78 is 1.84. The van der Waals surface area contributed by atoms with E-state index >= 15 is 0 Å². The van der Waals surface area contributed by atoms with Gasteiger partial charge in [0.05, 0.1) is 10.9 Å². The van der Waals surface area contributed by atoms with Gasteiger partial charge in [0.1, 0.15) is 0 Å². The van der Waals surface area contributed by atoms with Crippen LogP contribution in [0.2, 0.25) is 0 Å². The van der Waals surface area contributed by atoms with E-state index in [0.717, 1.165) is 20.9 Å². The van der Waals surface area contributed by atoms with Gasteiger partial charge in [-0.15, -0.1) is 11.6 Å². The fraction of sp³-hybridized carbons (Fsp3) is 0.500. The first-order valence-electron chi connectivity index (χ1n) is 6.36. The molecule has 2 nitrogen and oxygen atoms in total. The number of benzene rings is 1. The summed E-state index contributed by atoms with van der Waals surface area (Å²) in [4.78, 5) is 12.1. The Morgan fingerprint density at radius 1 is 1.42 bits per heavy atom. The molecule has 1 amide bonds. The average Bonchev–Trinajstić information content (AvgIpc) is 2.40. The fourth-order valence-electron chi connectivity index (χ4n) is 1.92. The van der Waals surface area contributed by atoms with Crippen LogP contribution in [0.3, 0.4) is 0 Å². The van der Waals surface area contributed by atoms with Crippen LogP contribution in [0.1, 0.15) is 37.0 Å². The largest absolute Gasteiger partial charge is 0.351 e. The van der Waals surface area contributed by atoms with E-state index in [-0.39, 0.29) is 11.3 Å². The highest BCUT2D eigenvalue weighted by Crippen LogP contribution is 2.20. The van der Waals surface area contributed by atoms with Crippen LogP contribution in [-0.2, 0) is 0 Å². The molecule has 0 aliphatic carbocycles. The number of carbonyl (C=O) groups excluding carboxylic acids is 1. The van der Waals surface area contributed by atoms with Gasteiger partial charge in [-0.2, -0.15) is 0 Å². The monoisotopic (exact) mass is 457 g/mol. The molecule has 0 aliphatic rings. The first-order valence-corrected chi connectivity index (χ1v) is 8.67. The van der Waals surface area contributed by atoms with Gasteiger partial charge in [-0.1, -0.05) is 26.7 Å². The predicted octanol–water partition coefficient (Wildman–Crippen LogP) is 4.83. The molecular formula is C14H18BrClINO.